The lowest BCUT2D eigenvalue weighted by Gasteiger charge is -2.22. The zero-order valence-corrected chi connectivity index (χ0v) is 16.0. The predicted octanol–water partition coefficient (Wildman–Crippen LogP) is 3.55. The largest absolute Gasteiger partial charge is 0.497 e. The highest BCUT2D eigenvalue weighted by Crippen LogP contribution is 2.31. The van der Waals surface area contributed by atoms with Gasteiger partial charge in [-0.25, -0.2) is 0 Å². The van der Waals surface area contributed by atoms with E-state index in [1.165, 1.54) is 23.1 Å². The normalized spacial score (nSPS) is 13.8. The number of hydrogen-bond donors (Lipinski definition) is 0. The van der Waals surface area contributed by atoms with Gasteiger partial charge in [-0.15, -0.1) is 10.2 Å². The van der Waals surface area contributed by atoms with Crippen LogP contribution in [0.4, 0.5) is 0 Å². The van der Waals surface area contributed by atoms with E-state index in [2.05, 4.69) is 10.2 Å². The monoisotopic (exact) mass is 381 g/mol. The Morgan fingerprint density at radius 2 is 2.00 bits per heavy atom. The molecular formula is C16H19N3O2S3. The molecule has 0 aliphatic heterocycles. The Labute approximate surface area is 154 Å². The zero-order chi connectivity index (χ0) is 16.9. The van der Waals surface area contributed by atoms with Crippen LogP contribution in [0.25, 0.3) is 0 Å². The first-order valence-electron chi connectivity index (χ1n) is 7.62. The van der Waals surface area contributed by atoms with Crippen molar-refractivity contribution in [1.29, 1.82) is 0 Å². The van der Waals surface area contributed by atoms with E-state index in [9.17, 15) is 4.79 Å². The van der Waals surface area contributed by atoms with Crippen molar-refractivity contribution in [3.63, 3.8) is 0 Å². The number of benzene rings is 1. The maximum atomic E-state index is 12.6. The van der Waals surface area contributed by atoms with E-state index in [0.717, 1.165) is 32.8 Å². The average Bonchev–Trinajstić information content (AvgIpc) is 3.35. The summed E-state index contributed by atoms with van der Waals surface area (Å²) in [6, 6.07) is 8.29. The Morgan fingerprint density at radius 3 is 2.58 bits per heavy atom. The summed E-state index contributed by atoms with van der Waals surface area (Å²) in [7, 11) is 1.65. The van der Waals surface area contributed by atoms with Crippen LogP contribution in [0.1, 0.15) is 18.4 Å². The minimum absolute atomic E-state index is 0.166. The first-order valence-corrected chi connectivity index (χ1v) is 10.6. The van der Waals surface area contributed by atoms with Gasteiger partial charge < -0.3 is 9.64 Å². The van der Waals surface area contributed by atoms with E-state index < -0.39 is 0 Å². The molecule has 1 heterocycles. The summed E-state index contributed by atoms with van der Waals surface area (Å²) in [6.07, 6.45) is 4.17. The molecule has 0 saturated heterocycles. The summed E-state index contributed by atoms with van der Waals surface area (Å²) in [5.74, 6) is 1.41. The quantitative estimate of drug-likeness (QED) is 0.652. The molecule has 5 nitrogen and oxygen atoms in total. The highest BCUT2D eigenvalue weighted by molar-refractivity contribution is 8.03. The van der Waals surface area contributed by atoms with Gasteiger partial charge in [0.25, 0.3) is 0 Å². The van der Waals surface area contributed by atoms with Crippen molar-refractivity contribution >= 4 is 40.8 Å². The van der Waals surface area contributed by atoms with Crippen molar-refractivity contribution in [3.8, 4) is 5.75 Å². The molecule has 1 aromatic carbocycles. The molecule has 128 valence electrons. The van der Waals surface area contributed by atoms with E-state index in [1.54, 1.807) is 18.9 Å². The number of amides is 1. The Kier molecular flexibility index (Phi) is 6.02. The Balaban J connectivity index is 1.58. The predicted molar refractivity (Wildman–Crippen MR) is 99.0 cm³/mol. The zero-order valence-electron chi connectivity index (χ0n) is 13.6. The molecule has 0 radical (unpaired) electrons. The molecule has 2 aromatic rings. The van der Waals surface area contributed by atoms with Crippen molar-refractivity contribution in [1.82, 2.24) is 15.1 Å². The summed E-state index contributed by atoms with van der Waals surface area (Å²) in [6.45, 7) is 0.653. The number of thioether (sulfide) groups is 2. The van der Waals surface area contributed by atoms with Crippen LogP contribution >= 0.6 is 34.9 Å². The molecule has 1 saturated carbocycles. The van der Waals surface area contributed by atoms with E-state index in [1.807, 2.05) is 35.4 Å². The number of carbonyl (C=O) groups is 1. The number of methoxy groups -OCH3 is 1. The Hall–Kier alpha value is -1.25. The summed E-state index contributed by atoms with van der Waals surface area (Å²) in [5.41, 5.74) is 1.13. The molecule has 0 atom stereocenters. The first kappa shape index (κ1) is 17.6. The maximum absolute atomic E-state index is 12.6. The van der Waals surface area contributed by atoms with Gasteiger partial charge in [-0.2, -0.15) is 0 Å². The van der Waals surface area contributed by atoms with Gasteiger partial charge in [0.15, 0.2) is 8.68 Å². The van der Waals surface area contributed by atoms with Gasteiger partial charge in [0.05, 0.1) is 12.9 Å². The molecule has 1 aliphatic carbocycles. The third kappa shape index (κ3) is 4.64. The molecule has 0 N–H and O–H groups in total. The standard InChI is InChI=1S/C16H19N3O2S3/c1-21-13-7-3-11(4-8-13)9-19(12-5-6-12)14(20)10-23-16-18-17-15(22-2)24-16/h3-4,7-8,12H,5-6,9-10H2,1-2H3. The molecule has 1 amide bonds. The summed E-state index contributed by atoms with van der Waals surface area (Å²) in [5, 5.41) is 8.17. The van der Waals surface area contributed by atoms with Crippen molar-refractivity contribution in [2.24, 2.45) is 0 Å². The minimum atomic E-state index is 0.166. The fourth-order valence-electron chi connectivity index (χ4n) is 2.28. The van der Waals surface area contributed by atoms with Gasteiger partial charge in [0, 0.05) is 12.6 Å². The first-order chi connectivity index (χ1) is 11.7. The molecule has 0 spiro atoms. The van der Waals surface area contributed by atoms with Crippen LogP contribution in [-0.4, -0.2) is 46.2 Å². The topological polar surface area (TPSA) is 55.3 Å². The van der Waals surface area contributed by atoms with Crippen LogP contribution in [0.5, 0.6) is 5.75 Å². The lowest BCUT2D eigenvalue weighted by Crippen LogP contribution is -2.33. The van der Waals surface area contributed by atoms with Crippen molar-refractivity contribution in [2.45, 2.75) is 34.1 Å². The summed E-state index contributed by atoms with van der Waals surface area (Å²) >= 11 is 4.59. The fraction of sp³-hybridized carbons (Fsp3) is 0.438. The second-order valence-corrected chi connectivity index (χ2v) is 8.68. The van der Waals surface area contributed by atoms with E-state index in [-0.39, 0.29) is 5.91 Å². The van der Waals surface area contributed by atoms with E-state index >= 15 is 0 Å². The molecule has 1 aliphatic rings. The second-order valence-electron chi connectivity index (χ2n) is 5.43. The molecule has 8 heteroatoms. The van der Waals surface area contributed by atoms with Crippen molar-refractivity contribution < 1.29 is 9.53 Å². The van der Waals surface area contributed by atoms with Crippen molar-refractivity contribution in [2.75, 3.05) is 19.1 Å². The van der Waals surface area contributed by atoms with Gasteiger partial charge in [-0.1, -0.05) is 47.0 Å². The van der Waals surface area contributed by atoms with E-state index in [4.69, 9.17) is 4.74 Å². The smallest absolute Gasteiger partial charge is 0.233 e. The van der Waals surface area contributed by atoms with Gasteiger partial charge in [0.2, 0.25) is 5.91 Å². The number of aromatic nitrogens is 2. The van der Waals surface area contributed by atoms with Crippen LogP contribution in [0.3, 0.4) is 0 Å². The molecule has 0 bridgehead atoms. The van der Waals surface area contributed by atoms with Crippen LogP contribution in [0.2, 0.25) is 0 Å². The van der Waals surface area contributed by atoms with Gasteiger partial charge >= 0.3 is 0 Å². The highest BCUT2D eigenvalue weighted by Gasteiger charge is 2.32. The van der Waals surface area contributed by atoms with Crippen LogP contribution in [-0.2, 0) is 11.3 Å². The molecule has 1 fully saturated rings. The SMILES string of the molecule is COc1ccc(CN(C(=O)CSc2nnc(SC)s2)C2CC2)cc1. The Bertz CT molecular complexity index is 686. The maximum Gasteiger partial charge on any atom is 0.233 e. The number of carbonyl (C=O) groups excluding carboxylic acids is 1. The molecule has 0 unspecified atom stereocenters. The summed E-state index contributed by atoms with van der Waals surface area (Å²) in [4.78, 5) is 14.6. The van der Waals surface area contributed by atoms with Crippen LogP contribution in [0.15, 0.2) is 32.9 Å². The molecule has 3 rings (SSSR count). The lowest BCUT2D eigenvalue weighted by molar-refractivity contribution is -0.129. The van der Waals surface area contributed by atoms with Crippen LogP contribution < -0.4 is 4.74 Å². The third-order valence-electron chi connectivity index (χ3n) is 3.70. The van der Waals surface area contributed by atoms with Crippen LogP contribution in [0, 0.1) is 0 Å². The number of rotatable bonds is 8. The lowest BCUT2D eigenvalue weighted by atomic mass is 10.2. The number of ether oxygens (including phenoxy) is 1. The van der Waals surface area contributed by atoms with Gasteiger partial charge in [-0.3, -0.25) is 4.79 Å². The number of hydrogen-bond acceptors (Lipinski definition) is 7. The van der Waals surface area contributed by atoms with Gasteiger partial charge in [-0.05, 0) is 36.8 Å². The fourth-order valence-corrected chi connectivity index (χ4v) is 4.60. The second kappa shape index (κ2) is 8.22. The number of nitrogens with zero attached hydrogens (tertiary/aromatic N) is 3. The molecule has 1 aromatic heterocycles. The third-order valence-corrected chi connectivity index (χ3v) is 6.72. The highest BCUT2D eigenvalue weighted by atomic mass is 32.2. The van der Waals surface area contributed by atoms with E-state index in [0.29, 0.717) is 18.3 Å². The minimum Gasteiger partial charge on any atom is -0.497 e. The Morgan fingerprint density at radius 1 is 1.29 bits per heavy atom. The van der Waals surface area contributed by atoms with Gasteiger partial charge in [0.1, 0.15) is 5.75 Å². The summed E-state index contributed by atoms with van der Waals surface area (Å²) < 4.78 is 6.97. The average molecular weight is 382 g/mol. The molecule has 24 heavy (non-hydrogen) atoms. The molecular weight excluding hydrogens is 362 g/mol. The van der Waals surface area contributed by atoms with Crippen molar-refractivity contribution in [3.05, 3.63) is 29.8 Å².